The number of nitrogens with zero attached hydrogens (tertiary/aromatic N) is 5. The predicted octanol–water partition coefficient (Wildman–Crippen LogP) is 3.45. The summed E-state index contributed by atoms with van der Waals surface area (Å²) in [5, 5.41) is 3.44. The number of aryl methyl sites for hydroxylation is 2. The Balaban J connectivity index is 1.21. The minimum atomic E-state index is 0.00948. The van der Waals surface area contributed by atoms with Crippen LogP contribution < -0.4 is 4.90 Å². The molecule has 2 saturated heterocycles. The van der Waals surface area contributed by atoms with E-state index in [1.165, 1.54) is 16.2 Å². The summed E-state index contributed by atoms with van der Waals surface area (Å²) in [6, 6.07) is 8.42. The normalized spacial score (nSPS) is 19.7. The first-order valence-corrected chi connectivity index (χ1v) is 12.5. The second kappa shape index (κ2) is 8.73. The van der Waals surface area contributed by atoms with Crippen molar-refractivity contribution in [2.24, 2.45) is 0 Å². The Labute approximate surface area is 195 Å². The molecule has 1 aromatic carbocycles. The molecule has 9 heteroatoms. The molecule has 0 aliphatic carbocycles. The Morgan fingerprint density at radius 1 is 1.09 bits per heavy atom. The number of thiazole rings is 2. The molecule has 1 unspecified atom stereocenters. The highest BCUT2D eigenvalue weighted by atomic mass is 32.1. The van der Waals surface area contributed by atoms with Gasteiger partial charge in [-0.3, -0.25) is 14.5 Å². The van der Waals surface area contributed by atoms with Crippen molar-refractivity contribution in [2.45, 2.75) is 26.3 Å². The zero-order chi connectivity index (χ0) is 22.2. The van der Waals surface area contributed by atoms with Gasteiger partial charge in [-0.15, -0.1) is 22.7 Å². The molecular formula is C23H25N5O2S2. The molecule has 5 rings (SSSR count). The molecule has 32 heavy (non-hydrogen) atoms. The Morgan fingerprint density at radius 3 is 2.47 bits per heavy atom. The van der Waals surface area contributed by atoms with Gasteiger partial charge in [-0.1, -0.05) is 12.1 Å². The summed E-state index contributed by atoms with van der Waals surface area (Å²) >= 11 is 3.08. The zero-order valence-corrected chi connectivity index (χ0v) is 19.8. The smallest absolute Gasteiger partial charge is 0.282 e. The minimum absolute atomic E-state index is 0.00948. The second-order valence-electron chi connectivity index (χ2n) is 8.22. The van der Waals surface area contributed by atoms with E-state index in [1.54, 1.807) is 17.5 Å². The van der Waals surface area contributed by atoms with Crippen LogP contribution in [0.25, 0.3) is 10.4 Å². The topological polar surface area (TPSA) is 69.6 Å². The van der Waals surface area contributed by atoms with Crippen molar-refractivity contribution in [3.8, 4) is 10.4 Å². The molecule has 2 aliphatic rings. The number of aromatic nitrogens is 2. The molecule has 7 nitrogen and oxygen atoms in total. The van der Waals surface area contributed by atoms with Crippen LogP contribution in [0.4, 0.5) is 5.69 Å². The molecule has 2 aliphatic heterocycles. The first-order chi connectivity index (χ1) is 15.5. The average molecular weight is 468 g/mol. The summed E-state index contributed by atoms with van der Waals surface area (Å²) in [5.41, 5.74) is 3.13. The van der Waals surface area contributed by atoms with E-state index in [0.717, 1.165) is 35.0 Å². The lowest BCUT2D eigenvalue weighted by molar-refractivity contribution is -0.117. The Hall–Kier alpha value is -2.62. The molecule has 0 N–H and O–H groups in total. The van der Waals surface area contributed by atoms with Crippen LogP contribution in [0, 0.1) is 13.8 Å². The second-order valence-corrected chi connectivity index (χ2v) is 10.3. The molecule has 2 amide bonds. The summed E-state index contributed by atoms with van der Waals surface area (Å²) in [7, 11) is 0. The van der Waals surface area contributed by atoms with Gasteiger partial charge in [0.25, 0.3) is 5.91 Å². The van der Waals surface area contributed by atoms with Crippen LogP contribution in [0.1, 0.15) is 26.9 Å². The lowest BCUT2D eigenvalue weighted by Gasteiger charge is -2.37. The number of hydrogen-bond donors (Lipinski definition) is 0. The maximum atomic E-state index is 12.8. The summed E-state index contributed by atoms with van der Waals surface area (Å²) in [5.74, 6) is 0.170. The van der Waals surface area contributed by atoms with Gasteiger partial charge in [-0.2, -0.15) is 0 Å². The lowest BCUT2D eigenvalue weighted by atomic mass is 10.1. The first-order valence-electron chi connectivity index (χ1n) is 10.8. The monoisotopic (exact) mass is 467 g/mol. The van der Waals surface area contributed by atoms with Crippen LogP contribution in [0.5, 0.6) is 0 Å². The fourth-order valence-corrected chi connectivity index (χ4v) is 6.06. The van der Waals surface area contributed by atoms with E-state index in [1.807, 2.05) is 41.2 Å². The van der Waals surface area contributed by atoms with Gasteiger partial charge in [0, 0.05) is 62.5 Å². The number of rotatable bonds is 4. The Kier molecular flexibility index (Phi) is 5.79. The number of carbonyl (C=O) groups is 2. The highest BCUT2D eigenvalue weighted by Gasteiger charge is 2.36. The fourth-order valence-electron chi connectivity index (χ4n) is 4.53. The summed E-state index contributed by atoms with van der Waals surface area (Å²) in [6.07, 6.45) is 2.19. The van der Waals surface area contributed by atoms with Crippen molar-refractivity contribution in [1.82, 2.24) is 19.8 Å². The van der Waals surface area contributed by atoms with Gasteiger partial charge in [0.05, 0.1) is 15.6 Å². The maximum Gasteiger partial charge on any atom is 0.282 e. The molecule has 4 heterocycles. The van der Waals surface area contributed by atoms with E-state index in [2.05, 4.69) is 27.0 Å². The van der Waals surface area contributed by atoms with Crippen LogP contribution in [0.15, 0.2) is 35.8 Å². The van der Waals surface area contributed by atoms with Crippen LogP contribution in [-0.4, -0.2) is 70.3 Å². The Morgan fingerprint density at radius 2 is 1.84 bits per heavy atom. The molecule has 0 saturated carbocycles. The molecular weight excluding hydrogens is 442 g/mol. The largest absolute Gasteiger partial charge is 0.334 e. The van der Waals surface area contributed by atoms with Gasteiger partial charge in [0.2, 0.25) is 5.91 Å². The van der Waals surface area contributed by atoms with Crippen molar-refractivity contribution in [3.05, 3.63) is 51.6 Å². The predicted molar refractivity (Wildman–Crippen MR) is 127 cm³/mol. The highest BCUT2D eigenvalue weighted by molar-refractivity contribution is 7.15. The van der Waals surface area contributed by atoms with Crippen molar-refractivity contribution in [1.29, 1.82) is 0 Å². The van der Waals surface area contributed by atoms with Crippen LogP contribution in [0.3, 0.4) is 0 Å². The minimum Gasteiger partial charge on any atom is -0.334 e. The standard InChI is InChI=1S/C23H25N5O2S2/c1-15-21(32-16(2)25-15)17-3-5-18(6-4-17)28-14-19(13-20(28)29)26-8-10-27(11-9-26)23(30)22-24-7-12-31-22/h3-7,12,19H,8-11,13-14H2,1-2H3. The van der Waals surface area contributed by atoms with E-state index in [0.29, 0.717) is 31.1 Å². The number of carbonyl (C=O) groups excluding carboxylic acids is 2. The molecule has 0 bridgehead atoms. The van der Waals surface area contributed by atoms with Gasteiger partial charge in [0.15, 0.2) is 5.01 Å². The Bertz CT molecular complexity index is 1120. The quantitative estimate of drug-likeness (QED) is 0.588. The molecule has 0 radical (unpaired) electrons. The van der Waals surface area contributed by atoms with Crippen molar-refractivity contribution < 1.29 is 9.59 Å². The lowest BCUT2D eigenvalue weighted by Crippen LogP contribution is -2.52. The number of hydrogen-bond acceptors (Lipinski definition) is 7. The molecule has 2 aromatic heterocycles. The maximum absolute atomic E-state index is 12.8. The van der Waals surface area contributed by atoms with E-state index < -0.39 is 0 Å². The third-order valence-electron chi connectivity index (χ3n) is 6.18. The summed E-state index contributed by atoms with van der Waals surface area (Å²) < 4.78 is 0. The van der Waals surface area contributed by atoms with E-state index in [-0.39, 0.29) is 17.9 Å². The molecule has 166 valence electrons. The third kappa shape index (κ3) is 4.07. The summed E-state index contributed by atoms with van der Waals surface area (Å²) in [4.78, 5) is 41.2. The van der Waals surface area contributed by atoms with Gasteiger partial charge < -0.3 is 9.80 Å². The first kappa shape index (κ1) is 21.2. The fraction of sp³-hybridized carbons (Fsp3) is 0.391. The number of benzene rings is 1. The average Bonchev–Trinajstić information content (AvgIpc) is 3.54. The van der Waals surface area contributed by atoms with Gasteiger partial charge in [-0.25, -0.2) is 9.97 Å². The van der Waals surface area contributed by atoms with Gasteiger partial charge >= 0.3 is 0 Å². The third-order valence-corrected chi connectivity index (χ3v) is 8.07. The number of piperazine rings is 1. The van der Waals surface area contributed by atoms with Crippen molar-refractivity contribution >= 4 is 40.2 Å². The number of amides is 2. The van der Waals surface area contributed by atoms with Crippen LogP contribution in [-0.2, 0) is 4.79 Å². The van der Waals surface area contributed by atoms with Crippen LogP contribution in [0.2, 0.25) is 0 Å². The molecule has 2 fully saturated rings. The van der Waals surface area contributed by atoms with Crippen molar-refractivity contribution in [2.75, 3.05) is 37.6 Å². The SMILES string of the molecule is Cc1nc(C)c(-c2ccc(N3CC(N4CCN(C(=O)c5nccs5)CC4)CC3=O)cc2)s1. The van der Waals surface area contributed by atoms with Gasteiger partial charge in [-0.05, 0) is 31.5 Å². The van der Waals surface area contributed by atoms with E-state index in [9.17, 15) is 9.59 Å². The summed E-state index contributed by atoms with van der Waals surface area (Å²) in [6.45, 7) is 7.66. The molecule has 3 aromatic rings. The number of anilines is 1. The van der Waals surface area contributed by atoms with Crippen molar-refractivity contribution in [3.63, 3.8) is 0 Å². The van der Waals surface area contributed by atoms with Gasteiger partial charge in [0.1, 0.15) is 0 Å². The highest BCUT2D eigenvalue weighted by Crippen LogP contribution is 2.32. The zero-order valence-electron chi connectivity index (χ0n) is 18.2. The molecule has 1 atom stereocenters. The van der Waals surface area contributed by atoms with Crippen LogP contribution >= 0.6 is 22.7 Å². The molecule has 0 spiro atoms. The van der Waals surface area contributed by atoms with E-state index >= 15 is 0 Å². The van der Waals surface area contributed by atoms with E-state index in [4.69, 9.17) is 0 Å².